The van der Waals surface area contributed by atoms with E-state index in [9.17, 15) is 4.79 Å². The van der Waals surface area contributed by atoms with Crippen LogP contribution in [0.2, 0.25) is 0 Å². The van der Waals surface area contributed by atoms with E-state index in [0.717, 1.165) is 24.0 Å². The number of carbonyl (C=O) groups excluding carboxylic acids is 1. The smallest absolute Gasteiger partial charge is 0.347 e. The van der Waals surface area contributed by atoms with Gasteiger partial charge in [-0.15, -0.1) is 0 Å². The van der Waals surface area contributed by atoms with Gasteiger partial charge in [0.2, 0.25) is 0 Å². The van der Waals surface area contributed by atoms with Crippen LogP contribution in [0.3, 0.4) is 0 Å². The Hall–Kier alpha value is -1.55. The average Bonchev–Trinajstić information content (AvgIpc) is 2.41. The molecule has 0 fully saturated rings. The molecule has 2 atom stereocenters. The van der Waals surface area contributed by atoms with E-state index in [2.05, 4.69) is 13.0 Å². The number of ether oxygens (including phenoxy) is 2. The standard InChI is InChI=1S/C16H25NO3/c1-5-14(17)10-13-9-11(3)7-8-15(13)20-12(4)16(18)19-6-2/h7-9,12,14H,5-6,10,17H2,1-4H3. The van der Waals surface area contributed by atoms with Crippen molar-refractivity contribution in [3.8, 4) is 5.75 Å². The third-order valence-corrected chi connectivity index (χ3v) is 3.14. The highest BCUT2D eigenvalue weighted by Crippen LogP contribution is 2.23. The minimum absolute atomic E-state index is 0.0945. The quantitative estimate of drug-likeness (QED) is 0.779. The Kier molecular flexibility index (Phi) is 6.52. The highest BCUT2D eigenvalue weighted by Gasteiger charge is 2.18. The van der Waals surface area contributed by atoms with Gasteiger partial charge in [-0.05, 0) is 45.2 Å². The molecular weight excluding hydrogens is 254 g/mol. The first kappa shape index (κ1) is 16.5. The van der Waals surface area contributed by atoms with Crippen molar-refractivity contribution in [2.45, 2.75) is 52.7 Å². The summed E-state index contributed by atoms with van der Waals surface area (Å²) in [7, 11) is 0. The molecule has 112 valence electrons. The summed E-state index contributed by atoms with van der Waals surface area (Å²) in [6.07, 6.45) is 1.03. The molecule has 2 unspecified atom stereocenters. The SMILES string of the molecule is CCOC(=O)C(C)Oc1ccc(C)cc1CC(N)CC. The molecule has 4 heteroatoms. The van der Waals surface area contributed by atoms with Gasteiger partial charge in [0.05, 0.1) is 6.61 Å². The fourth-order valence-corrected chi connectivity index (χ4v) is 1.91. The summed E-state index contributed by atoms with van der Waals surface area (Å²) < 4.78 is 10.7. The molecule has 0 saturated heterocycles. The molecule has 4 nitrogen and oxygen atoms in total. The van der Waals surface area contributed by atoms with Gasteiger partial charge in [-0.25, -0.2) is 4.79 Å². The summed E-state index contributed by atoms with van der Waals surface area (Å²) in [6, 6.07) is 6.01. The normalized spacial score (nSPS) is 13.7. The van der Waals surface area contributed by atoms with Gasteiger partial charge in [0.25, 0.3) is 0 Å². The lowest BCUT2D eigenvalue weighted by Gasteiger charge is -2.18. The van der Waals surface area contributed by atoms with E-state index in [1.807, 2.05) is 19.1 Å². The molecule has 0 amide bonds. The lowest BCUT2D eigenvalue weighted by molar-refractivity contribution is -0.150. The first-order valence-corrected chi connectivity index (χ1v) is 7.16. The van der Waals surface area contributed by atoms with Gasteiger partial charge in [0, 0.05) is 6.04 Å². The molecule has 1 aromatic rings. The second kappa shape index (κ2) is 7.90. The third kappa shape index (κ3) is 4.85. The minimum atomic E-state index is -0.616. The molecular formula is C16H25NO3. The Morgan fingerprint density at radius 3 is 2.65 bits per heavy atom. The van der Waals surface area contributed by atoms with Crippen LogP contribution >= 0.6 is 0 Å². The lowest BCUT2D eigenvalue weighted by Crippen LogP contribution is -2.27. The molecule has 0 heterocycles. The van der Waals surface area contributed by atoms with Crippen LogP contribution in [0.15, 0.2) is 18.2 Å². The van der Waals surface area contributed by atoms with E-state index in [1.165, 1.54) is 0 Å². The zero-order chi connectivity index (χ0) is 15.1. The topological polar surface area (TPSA) is 61.5 Å². The second-order valence-electron chi connectivity index (χ2n) is 5.00. The summed E-state index contributed by atoms with van der Waals surface area (Å²) in [5.74, 6) is 0.360. The summed E-state index contributed by atoms with van der Waals surface area (Å²) in [4.78, 5) is 11.6. The fourth-order valence-electron chi connectivity index (χ4n) is 1.91. The number of nitrogens with two attached hydrogens (primary N) is 1. The Labute approximate surface area is 121 Å². The van der Waals surface area contributed by atoms with Crippen LogP contribution in [0.25, 0.3) is 0 Å². The van der Waals surface area contributed by atoms with Gasteiger partial charge in [-0.3, -0.25) is 0 Å². The minimum Gasteiger partial charge on any atom is -0.479 e. The molecule has 0 spiro atoms. The molecule has 1 rings (SSSR count). The van der Waals surface area contributed by atoms with Crippen molar-refractivity contribution in [3.63, 3.8) is 0 Å². The number of aryl methyl sites for hydroxylation is 1. The number of hydrogen-bond donors (Lipinski definition) is 1. The highest BCUT2D eigenvalue weighted by molar-refractivity contribution is 5.74. The van der Waals surface area contributed by atoms with Crippen molar-refractivity contribution in [1.82, 2.24) is 0 Å². The molecule has 0 aliphatic heterocycles. The van der Waals surface area contributed by atoms with Crippen LogP contribution < -0.4 is 10.5 Å². The van der Waals surface area contributed by atoms with E-state index in [0.29, 0.717) is 12.4 Å². The Bertz CT molecular complexity index is 445. The van der Waals surface area contributed by atoms with Crippen LogP contribution in [0.4, 0.5) is 0 Å². The molecule has 0 saturated carbocycles. The van der Waals surface area contributed by atoms with Gasteiger partial charge < -0.3 is 15.2 Å². The Morgan fingerprint density at radius 2 is 2.05 bits per heavy atom. The number of hydrogen-bond acceptors (Lipinski definition) is 4. The number of carbonyl (C=O) groups is 1. The molecule has 1 aromatic carbocycles. The summed E-state index contributed by atoms with van der Waals surface area (Å²) in [6.45, 7) is 7.92. The maximum atomic E-state index is 11.6. The van der Waals surface area contributed by atoms with Crippen LogP contribution in [0.5, 0.6) is 5.75 Å². The first-order valence-electron chi connectivity index (χ1n) is 7.16. The van der Waals surface area contributed by atoms with E-state index in [-0.39, 0.29) is 12.0 Å². The van der Waals surface area contributed by atoms with Gasteiger partial charge in [0.15, 0.2) is 6.10 Å². The van der Waals surface area contributed by atoms with Gasteiger partial charge in [-0.1, -0.05) is 24.6 Å². The predicted molar refractivity (Wildman–Crippen MR) is 79.9 cm³/mol. The summed E-state index contributed by atoms with van der Waals surface area (Å²) >= 11 is 0. The number of rotatable bonds is 7. The van der Waals surface area contributed by atoms with Crippen molar-refractivity contribution < 1.29 is 14.3 Å². The Morgan fingerprint density at radius 1 is 1.35 bits per heavy atom. The number of benzene rings is 1. The van der Waals surface area contributed by atoms with Gasteiger partial charge >= 0.3 is 5.97 Å². The largest absolute Gasteiger partial charge is 0.479 e. The molecule has 0 bridgehead atoms. The average molecular weight is 279 g/mol. The fraction of sp³-hybridized carbons (Fsp3) is 0.562. The third-order valence-electron chi connectivity index (χ3n) is 3.14. The van der Waals surface area contributed by atoms with Crippen LogP contribution in [0.1, 0.15) is 38.3 Å². The van der Waals surface area contributed by atoms with E-state index >= 15 is 0 Å². The van der Waals surface area contributed by atoms with Crippen molar-refractivity contribution in [2.24, 2.45) is 5.73 Å². The molecule has 0 aliphatic rings. The van der Waals surface area contributed by atoms with E-state index in [4.69, 9.17) is 15.2 Å². The molecule has 0 aliphatic carbocycles. The van der Waals surface area contributed by atoms with Crippen molar-refractivity contribution in [1.29, 1.82) is 0 Å². The maximum Gasteiger partial charge on any atom is 0.347 e. The van der Waals surface area contributed by atoms with Crippen LogP contribution in [-0.2, 0) is 16.0 Å². The van der Waals surface area contributed by atoms with Crippen molar-refractivity contribution >= 4 is 5.97 Å². The Balaban J connectivity index is 2.85. The predicted octanol–water partition coefficient (Wildman–Crippen LogP) is 2.61. The maximum absolute atomic E-state index is 11.6. The molecule has 2 N–H and O–H groups in total. The first-order chi connectivity index (χ1) is 9.47. The van der Waals surface area contributed by atoms with Gasteiger partial charge in [-0.2, -0.15) is 0 Å². The molecule has 20 heavy (non-hydrogen) atoms. The van der Waals surface area contributed by atoms with Crippen molar-refractivity contribution in [2.75, 3.05) is 6.61 Å². The molecule has 0 aromatic heterocycles. The zero-order valence-electron chi connectivity index (χ0n) is 12.8. The van der Waals surface area contributed by atoms with Crippen molar-refractivity contribution in [3.05, 3.63) is 29.3 Å². The van der Waals surface area contributed by atoms with E-state index in [1.54, 1.807) is 13.8 Å². The number of esters is 1. The summed E-state index contributed by atoms with van der Waals surface area (Å²) in [5.41, 5.74) is 8.20. The second-order valence-corrected chi connectivity index (χ2v) is 5.00. The molecule has 0 radical (unpaired) electrons. The van der Waals surface area contributed by atoms with E-state index < -0.39 is 6.10 Å². The summed E-state index contributed by atoms with van der Waals surface area (Å²) in [5, 5.41) is 0. The van der Waals surface area contributed by atoms with Gasteiger partial charge in [0.1, 0.15) is 5.75 Å². The van der Waals surface area contributed by atoms with Crippen LogP contribution in [0, 0.1) is 6.92 Å². The zero-order valence-corrected chi connectivity index (χ0v) is 12.8. The highest BCUT2D eigenvalue weighted by atomic mass is 16.6. The lowest BCUT2D eigenvalue weighted by atomic mass is 10.0. The monoisotopic (exact) mass is 279 g/mol. The van der Waals surface area contributed by atoms with Crippen LogP contribution in [-0.4, -0.2) is 24.7 Å².